The zero-order valence-electron chi connectivity index (χ0n) is 11.0. The fraction of sp³-hybridized carbons (Fsp3) is 0.286. The third kappa shape index (κ3) is 2.25. The Morgan fingerprint density at radius 2 is 2.05 bits per heavy atom. The van der Waals surface area contributed by atoms with Gasteiger partial charge in [-0.25, -0.2) is 0 Å². The van der Waals surface area contributed by atoms with Gasteiger partial charge in [-0.3, -0.25) is 10.1 Å². The number of nitriles is 1. The van der Waals surface area contributed by atoms with Gasteiger partial charge in [0, 0.05) is 12.0 Å². The molecule has 0 saturated heterocycles. The molecule has 0 radical (unpaired) electrons. The zero-order chi connectivity index (χ0) is 14.0. The number of benzene rings is 1. The van der Waals surface area contributed by atoms with Crippen LogP contribution in [0.3, 0.4) is 0 Å². The highest BCUT2D eigenvalue weighted by atomic mass is 16.5. The van der Waals surface area contributed by atoms with Crippen LogP contribution in [0.5, 0.6) is 5.75 Å². The summed E-state index contributed by atoms with van der Waals surface area (Å²) in [6.45, 7) is 1.89. The molecule has 1 aromatic rings. The molecule has 0 atom stereocenters. The number of hydrogen-bond donors (Lipinski definition) is 1. The van der Waals surface area contributed by atoms with Crippen LogP contribution in [-0.2, 0) is 11.2 Å². The van der Waals surface area contributed by atoms with Gasteiger partial charge >= 0.3 is 0 Å². The molecular weight excluding hydrogens is 244 g/mol. The van der Waals surface area contributed by atoms with E-state index in [0.29, 0.717) is 23.3 Å². The average Bonchev–Trinajstić information content (AvgIpc) is 2.56. The largest absolute Gasteiger partial charge is 0.497 e. The minimum atomic E-state index is -0.292. The van der Waals surface area contributed by atoms with Gasteiger partial charge < -0.3 is 9.47 Å². The molecule has 0 saturated carbocycles. The third-order valence-corrected chi connectivity index (χ3v) is 3.12. The quantitative estimate of drug-likeness (QED) is 0.876. The number of rotatable bonds is 2. The second-order valence-corrected chi connectivity index (χ2v) is 4.22. The number of carbonyl (C=O) groups excluding carboxylic acids is 1. The first-order chi connectivity index (χ1) is 9.10. The fourth-order valence-electron chi connectivity index (χ4n) is 2.11. The van der Waals surface area contributed by atoms with Crippen LogP contribution in [0.2, 0.25) is 0 Å². The van der Waals surface area contributed by atoms with Crippen LogP contribution in [-0.4, -0.2) is 20.1 Å². The van der Waals surface area contributed by atoms with E-state index < -0.39 is 0 Å². The number of nitrogens with one attached hydrogen (secondary N) is 1. The van der Waals surface area contributed by atoms with Gasteiger partial charge in [0.2, 0.25) is 5.88 Å². The molecule has 0 bridgehead atoms. The predicted octanol–water partition coefficient (Wildman–Crippen LogP) is 1.67. The molecule has 1 heterocycles. The zero-order valence-corrected chi connectivity index (χ0v) is 11.0. The summed E-state index contributed by atoms with van der Waals surface area (Å²) in [5.41, 5.74) is 2.65. The molecule has 0 aliphatic carbocycles. The second-order valence-electron chi connectivity index (χ2n) is 4.22. The van der Waals surface area contributed by atoms with Gasteiger partial charge in [-0.1, -0.05) is 0 Å². The molecule has 19 heavy (non-hydrogen) atoms. The van der Waals surface area contributed by atoms with Crippen molar-refractivity contribution < 1.29 is 14.3 Å². The predicted molar refractivity (Wildman–Crippen MR) is 68.5 cm³/mol. The van der Waals surface area contributed by atoms with Gasteiger partial charge in [0.25, 0.3) is 5.91 Å². The number of nitrogens with zero attached hydrogens (tertiary/aromatic N) is 1. The monoisotopic (exact) mass is 258 g/mol. The minimum absolute atomic E-state index is 0.210. The van der Waals surface area contributed by atoms with Crippen LogP contribution in [0.25, 0.3) is 0 Å². The van der Waals surface area contributed by atoms with E-state index in [1.807, 2.05) is 13.0 Å². The number of fused-ring (bicyclic) bond motifs is 1. The molecule has 5 nitrogen and oxygen atoms in total. The molecular formula is C14H14N2O3. The van der Waals surface area contributed by atoms with Gasteiger partial charge in [0.05, 0.1) is 19.8 Å². The van der Waals surface area contributed by atoms with Crippen molar-refractivity contribution in [2.24, 2.45) is 0 Å². The maximum atomic E-state index is 12.2. The summed E-state index contributed by atoms with van der Waals surface area (Å²) in [6.07, 6.45) is 0.365. The van der Waals surface area contributed by atoms with Gasteiger partial charge in [-0.05, 0) is 30.2 Å². The molecule has 1 aromatic carbocycles. The lowest BCUT2D eigenvalue weighted by atomic mass is 9.96. The normalized spacial score (nSPS) is 14.1. The number of carbonyl (C=O) groups is 1. The molecule has 1 amide bonds. The van der Waals surface area contributed by atoms with Crippen molar-refractivity contribution in [1.29, 1.82) is 5.26 Å². The molecule has 0 fully saturated rings. The van der Waals surface area contributed by atoms with Crippen LogP contribution in [0, 0.1) is 18.3 Å². The lowest BCUT2D eigenvalue weighted by molar-refractivity contribution is 0.0935. The Balaban J connectivity index is 2.60. The van der Waals surface area contributed by atoms with Crippen molar-refractivity contribution in [1.82, 2.24) is 5.32 Å². The number of methoxy groups -OCH3 is 2. The minimum Gasteiger partial charge on any atom is -0.497 e. The summed E-state index contributed by atoms with van der Waals surface area (Å²) >= 11 is 0. The van der Waals surface area contributed by atoms with E-state index in [2.05, 4.69) is 11.4 Å². The van der Waals surface area contributed by atoms with E-state index in [4.69, 9.17) is 14.7 Å². The van der Waals surface area contributed by atoms with Crippen LogP contribution in [0.1, 0.15) is 21.5 Å². The highest BCUT2D eigenvalue weighted by Crippen LogP contribution is 2.27. The number of allylic oxidation sites excluding steroid dienone is 1. The van der Waals surface area contributed by atoms with Crippen molar-refractivity contribution in [3.05, 3.63) is 40.3 Å². The van der Waals surface area contributed by atoms with Gasteiger partial charge in [0.1, 0.15) is 11.8 Å². The molecule has 5 heteroatoms. The van der Waals surface area contributed by atoms with Gasteiger partial charge in [-0.2, -0.15) is 5.26 Å². The Hall–Kier alpha value is -2.48. The molecule has 0 aromatic heterocycles. The lowest BCUT2D eigenvalue weighted by Gasteiger charge is -2.11. The molecule has 1 N–H and O–H groups in total. The topological polar surface area (TPSA) is 71.3 Å². The lowest BCUT2D eigenvalue weighted by Crippen LogP contribution is -2.23. The smallest absolute Gasteiger partial charge is 0.258 e. The average molecular weight is 258 g/mol. The Morgan fingerprint density at radius 1 is 1.32 bits per heavy atom. The fourth-order valence-corrected chi connectivity index (χ4v) is 2.11. The van der Waals surface area contributed by atoms with Crippen molar-refractivity contribution in [2.45, 2.75) is 13.3 Å². The second kappa shape index (κ2) is 5.02. The van der Waals surface area contributed by atoms with Crippen LogP contribution in [0.15, 0.2) is 23.6 Å². The Labute approximate surface area is 111 Å². The molecule has 0 unspecified atom stereocenters. The highest BCUT2D eigenvalue weighted by molar-refractivity contribution is 5.98. The van der Waals surface area contributed by atoms with Crippen molar-refractivity contribution in [3.8, 4) is 11.8 Å². The molecule has 1 aliphatic heterocycles. The van der Waals surface area contributed by atoms with Crippen molar-refractivity contribution in [2.75, 3.05) is 14.2 Å². The van der Waals surface area contributed by atoms with E-state index in [0.717, 1.165) is 11.1 Å². The number of aryl methyl sites for hydroxylation is 1. The maximum absolute atomic E-state index is 12.2. The molecule has 98 valence electrons. The molecule has 2 rings (SSSR count). The van der Waals surface area contributed by atoms with E-state index in [-0.39, 0.29) is 11.8 Å². The van der Waals surface area contributed by atoms with Gasteiger partial charge in [0.15, 0.2) is 0 Å². The number of hydrogen-bond acceptors (Lipinski definition) is 4. The summed E-state index contributed by atoms with van der Waals surface area (Å²) in [6, 6.07) is 5.59. The summed E-state index contributed by atoms with van der Waals surface area (Å²) < 4.78 is 10.2. The van der Waals surface area contributed by atoms with E-state index in [1.165, 1.54) is 7.11 Å². The maximum Gasteiger partial charge on any atom is 0.258 e. The summed E-state index contributed by atoms with van der Waals surface area (Å²) in [5, 5.41) is 11.8. The van der Waals surface area contributed by atoms with E-state index in [9.17, 15) is 4.79 Å². The first-order valence-electron chi connectivity index (χ1n) is 5.76. The van der Waals surface area contributed by atoms with Crippen LogP contribution in [0.4, 0.5) is 0 Å². The van der Waals surface area contributed by atoms with E-state index in [1.54, 1.807) is 13.2 Å². The molecule has 0 spiro atoms. The van der Waals surface area contributed by atoms with Crippen molar-refractivity contribution >= 4 is 5.91 Å². The first kappa shape index (κ1) is 13.0. The standard InChI is InChI=1S/C14H14N2O3/c1-8-4-10(18-2)6-12-11(8)5-9(7-15)14(19-3)16-13(12)17/h4,6H,5H2,1-3H3,(H,16,17). The number of amides is 1. The van der Waals surface area contributed by atoms with Crippen LogP contribution < -0.4 is 10.1 Å². The third-order valence-electron chi connectivity index (χ3n) is 3.12. The number of ether oxygens (including phenoxy) is 2. The summed E-state index contributed by atoms with van der Waals surface area (Å²) in [7, 11) is 2.98. The Morgan fingerprint density at radius 3 is 2.63 bits per heavy atom. The molecule has 1 aliphatic rings. The van der Waals surface area contributed by atoms with Crippen molar-refractivity contribution in [3.63, 3.8) is 0 Å². The van der Waals surface area contributed by atoms with Gasteiger partial charge in [-0.15, -0.1) is 0 Å². The SMILES string of the molecule is COC1=C(C#N)Cc2c(C)cc(OC)cc2C(=O)N1. The Kier molecular flexibility index (Phi) is 3.43. The van der Waals surface area contributed by atoms with E-state index >= 15 is 0 Å². The van der Waals surface area contributed by atoms with Crippen LogP contribution >= 0.6 is 0 Å². The highest BCUT2D eigenvalue weighted by Gasteiger charge is 2.24. The summed E-state index contributed by atoms with van der Waals surface area (Å²) in [5.74, 6) is 0.534. The Bertz CT molecular complexity index is 612. The summed E-state index contributed by atoms with van der Waals surface area (Å²) in [4.78, 5) is 12.2. The first-order valence-corrected chi connectivity index (χ1v) is 5.76.